The van der Waals surface area contributed by atoms with E-state index in [9.17, 15) is 19.2 Å². The Morgan fingerprint density at radius 3 is 2.56 bits per heavy atom. The van der Waals surface area contributed by atoms with E-state index >= 15 is 0 Å². The number of anilines is 2. The molecule has 0 aliphatic carbocycles. The molecule has 0 saturated heterocycles. The van der Waals surface area contributed by atoms with Gasteiger partial charge in [0.1, 0.15) is 11.6 Å². The fourth-order valence-electron chi connectivity index (χ4n) is 4.42. The van der Waals surface area contributed by atoms with Crippen LogP contribution < -0.4 is 15.1 Å². The number of aryl methyl sites for hydroxylation is 1. The number of hydrogen-bond donors (Lipinski definition) is 1. The van der Waals surface area contributed by atoms with Crippen molar-refractivity contribution in [2.24, 2.45) is 0 Å². The van der Waals surface area contributed by atoms with Gasteiger partial charge in [-0.25, -0.2) is 0 Å². The summed E-state index contributed by atoms with van der Waals surface area (Å²) in [6, 6.07) is 4.67. The molecular weight excluding hydrogens is 522 g/mol. The van der Waals surface area contributed by atoms with Crippen LogP contribution in [0.3, 0.4) is 0 Å². The van der Waals surface area contributed by atoms with Crippen LogP contribution in [0.25, 0.3) is 0 Å². The predicted octanol–water partition coefficient (Wildman–Crippen LogP) is 3.85. The van der Waals surface area contributed by atoms with Crippen molar-refractivity contribution in [3.63, 3.8) is 0 Å². The van der Waals surface area contributed by atoms with E-state index in [1.807, 2.05) is 69.7 Å². The number of rotatable bonds is 15. The summed E-state index contributed by atoms with van der Waals surface area (Å²) >= 11 is 0. The summed E-state index contributed by atoms with van der Waals surface area (Å²) in [6.07, 6.45) is 9.36. The average molecular weight is 566 g/mol. The zero-order valence-corrected chi connectivity index (χ0v) is 25.1. The minimum absolute atomic E-state index is 0.207. The van der Waals surface area contributed by atoms with E-state index in [1.165, 1.54) is 4.90 Å². The first-order valence-electron chi connectivity index (χ1n) is 14.0. The molecule has 2 aromatic rings. The average Bonchev–Trinajstić information content (AvgIpc) is 3.33. The van der Waals surface area contributed by atoms with Crippen molar-refractivity contribution in [1.82, 2.24) is 15.1 Å². The molecule has 222 valence electrons. The van der Waals surface area contributed by atoms with Gasteiger partial charge in [-0.15, -0.1) is 0 Å². The number of nitrogens with one attached hydrogen (secondary N) is 1. The fourth-order valence-corrected chi connectivity index (χ4v) is 4.42. The molecule has 1 N–H and O–H groups in total. The first-order valence-corrected chi connectivity index (χ1v) is 14.0. The third kappa shape index (κ3) is 10.7. The normalized spacial score (nSPS) is 11.6. The summed E-state index contributed by atoms with van der Waals surface area (Å²) in [5.74, 6) is 5.69. The van der Waals surface area contributed by atoms with Gasteiger partial charge >= 0.3 is 5.97 Å². The van der Waals surface area contributed by atoms with Crippen LogP contribution in [0.5, 0.6) is 0 Å². The highest BCUT2D eigenvalue weighted by Gasteiger charge is 2.28. The van der Waals surface area contributed by atoms with Crippen molar-refractivity contribution in [3.05, 3.63) is 41.7 Å². The highest BCUT2D eigenvalue weighted by molar-refractivity contribution is 5.99. The highest BCUT2D eigenvalue weighted by atomic mass is 16.6. The maximum absolute atomic E-state index is 12.5. The number of unbranched alkanes of at least 4 members (excludes halogenated alkanes) is 3. The fraction of sp³-hybridized carbons (Fsp3) is 0.516. The molecule has 10 heteroatoms. The summed E-state index contributed by atoms with van der Waals surface area (Å²) < 4.78 is 7.21. The number of amides is 3. The minimum atomic E-state index is -0.812. The van der Waals surface area contributed by atoms with Crippen LogP contribution in [0.1, 0.15) is 77.3 Å². The number of hydrogen-bond acceptors (Lipinski definition) is 7. The Bertz CT molecular complexity index is 1240. The van der Waals surface area contributed by atoms with Gasteiger partial charge in [-0.2, -0.15) is 5.10 Å². The number of para-hydroxylation sites is 1. The molecule has 1 heterocycles. The van der Waals surface area contributed by atoms with Gasteiger partial charge in [0.05, 0.1) is 24.0 Å². The van der Waals surface area contributed by atoms with Crippen LogP contribution >= 0.6 is 0 Å². The van der Waals surface area contributed by atoms with Gasteiger partial charge in [0, 0.05) is 44.4 Å². The number of benzene rings is 1. The lowest BCUT2D eigenvalue weighted by atomic mass is 10.1. The Morgan fingerprint density at radius 2 is 1.93 bits per heavy atom. The lowest BCUT2D eigenvalue weighted by Gasteiger charge is -2.30. The second kappa shape index (κ2) is 16.2. The topological polar surface area (TPSA) is 114 Å². The van der Waals surface area contributed by atoms with Crippen molar-refractivity contribution in [2.45, 2.75) is 90.8 Å². The molecule has 0 aliphatic heterocycles. The highest BCUT2D eigenvalue weighted by Crippen LogP contribution is 2.33. The van der Waals surface area contributed by atoms with Crippen LogP contribution in [-0.4, -0.2) is 60.2 Å². The molecular formula is C31H43N5O5. The largest absolute Gasteiger partial charge is 0.460 e. The van der Waals surface area contributed by atoms with E-state index < -0.39 is 17.6 Å². The van der Waals surface area contributed by atoms with Gasteiger partial charge in [-0.1, -0.05) is 37.7 Å². The van der Waals surface area contributed by atoms with Crippen LogP contribution in [-0.2, 0) is 36.9 Å². The van der Waals surface area contributed by atoms with Crippen LogP contribution in [0, 0.1) is 11.8 Å². The number of carbonyl (C=O) groups is 4. The molecule has 1 atom stereocenters. The minimum Gasteiger partial charge on any atom is -0.460 e. The molecule has 0 spiro atoms. The lowest BCUT2D eigenvalue weighted by molar-refractivity contribution is -0.154. The molecule has 0 aliphatic rings. The van der Waals surface area contributed by atoms with E-state index in [0.717, 1.165) is 42.6 Å². The Labute approximate surface area is 243 Å². The van der Waals surface area contributed by atoms with Crippen molar-refractivity contribution in [2.75, 3.05) is 23.9 Å². The molecule has 41 heavy (non-hydrogen) atoms. The van der Waals surface area contributed by atoms with Gasteiger partial charge in [-0.3, -0.25) is 29.2 Å². The van der Waals surface area contributed by atoms with E-state index in [2.05, 4.69) is 22.3 Å². The van der Waals surface area contributed by atoms with E-state index in [1.54, 1.807) is 12.3 Å². The molecule has 2 rings (SSSR count). The maximum atomic E-state index is 12.5. The zero-order valence-electron chi connectivity index (χ0n) is 25.1. The zero-order chi connectivity index (χ0) is 30.4. The first-order chi connectivity index (χ1) is 19.5. The summed E-state index contributed by atoms with van der Waals surface area (Å²) in [4.78, 5) is 50.8. The molecule has 1 aromatic heterocycles. The second-order valence-corrected chi connectivity index (χ2v) is 11.0. The molecule has 1 aromatic carbocycles. The Balaban J connectivity index is 1.98. The molecule has 3 amide bonds. The Kier molecular flexibility index (Phi) is 13.1. The molecule has 0 fully saturated rings. The monoisotopic (exact) mass is 565 g/mol. The standard InChI is InChI=1S/C31H43N5O5/c1-7-14-27(30(40)32-22-37)36(23-38)26-17-13-16-25(29(26)34(5)6)15-11-9-8-10-12-18-35-21-24(20-33-35)19-28(39)41-31(2,3)4/h13,16-17,20-23,27H,7-10,12,14,18-19H2,1-6H3,(H,32,37,40). The van der Waals surface area contributed by atoms with Gasteiger partial charge in [0.25, 0.3) is 0 Å². The van der Waals surface area contributed by atoms with Crippen molar-refractivity contribution in [3.8, 4) is 11.8 Å². The summed E-state index contributed by atoms with van der Waals surface area (Å²) in [6.45, 7) is 8.22. The van der Waals surface area contributed by atoms with E-state index in [0.29, 0.717) is 37.8 Å². The summed E-state index contributed by atoms with van der Waals surface area (Å²) in [5.41, 5.74) is 2.37. The molecule has 0 radical (unpaired) electrons. The lowest BCUT2D eigenvalue weighted by Crippen LogP contribution is -2.46. The van der Waals surface area contributed by atoms with Crippen molar-refractivity contribution in [1.29, 1.82) is 0 Å². The second-order valence-electron chi connectivity index (χ2n) is 11.0. The van der Waals surface area contributed by atoms with Gasteiger partial charge in [0.2, 0.25) is 18.7 Å². The molecule has 10 nitrogen and oxygen atoms in total. The van der Waals surface area contributed by atoms with Crippen LogP contribution in [0.2, 0.25) is 0 Å². The van der Waals surface area contributed by atoms with Gasteiger partial charge in [0.15, 0.2) is 0 Å². The number of imide groups is 1. The van der Waals surface area contributed by atoms with Crippen LogP contribution in [0.4, 0.5) is 11.4 Å². The molecule has 0 saturated carbocycles. The number of carbonyl (C=O) groups excluding carboxylic acids is 4. The van der Waals surface area contributed by atoms with Gasteiger partial charge < -0.3 is 14.5 Å². The van der Waals surface area contributed by atoms with E-state index in [-0.39, 0.29) is 12.4 Å². The number of aromatic nitrogens is 2. The predicted molar refractivity (Wildman–Crippen MR) is 159 cm³/mol. The maximum Gasteiger partial charge on any atom is 0.310 e. The summed E-state index contributed by atoms with van der Waals surface area (Å²) in [7, 11) is 3.73. The third-order valence-corrected chi connectivity index (χ3v) is 6.12. The molecule has 0 bridgehead atoms. The Morgan fingerprint density at radius 1 is 1.17 bits per heavy atom. The third-order valence-electron chi connectivity index (χ3n) is 6.12. The smallest absolute Gasteiger partial charge is 0.310 e. The first kappa shape index (κ1) is 33.1. The number of ether oxygens (including phenoxy) is 1. The molecule has 1 unspecified atom stereocenters. The summed E-state index contributed by atoms with van der Waals surface area (Å²) in [5, 5.41) is 6.52. The van der Waals surface area contributed by atoms with Crippen molar-refractivity contribution >= 4 is 36.1 Å². The number of esters is 1. The number of nitrogens with zero attached hydrogens (tertiary/aromatic N) is 4. The van der Waals surface area contributed by atoms with Crippen molar-refractivity contribution < 1.29 is 23.9 Å². The van der Waals surface area contributed by atoms with E-state index in [4.69, 9.17) is 4.74 Å². The van der Waals surface area contributed by atoms with Gasteiger partial charge in [-0.05, 0) is 52.2 Å². The van der Waals surface area contributed by atoms with Crippen LogP contribution in [0.15, 0.2) is 30.6 Å². The quantitative estimate of drug-likeness (QED) is 0.151. The Hall–Kier alpha value is -4.13. The SMILES string of the molecule is CCCC(C(=O)NC=O)N(C=O)c1cccc(C#CCCCCCn2cc(CC(=O)OC(C)(C)C)cn2)c1N(C)C.